The maximum Gasteiger partial charge on any atom is 0.167 e. The number of rotatable bonds is 3. The first-order chi connectivity index (χ1) is 8.16. The number of carbonyl (C=O) groups is 1. The Morgan fingerprint density at radius 3 is 3.06 bits per heavy atom. The number of morpholine rings is 1. The van der Waals surface area contributed by atoms with Crippen LogP contribution in [0.15, 0.2) is 18.2 Å². The predicted octanol–water partition coefficient (Wildman–Crippen LogP) is 1.75. The number of halogens is 1. The first-order valence-corrected chi connectivity index (χ1v) is 6.14. The molecule has 17 heavy (non-hydrogen) atoms. The van der Waals surface area contributed by atoms with Crippen molar-refractivity contribution in [2.45, 2.75) is 19.4 Å². The molecule has 0 spiro atoms. The van der Waals surface area contributed by atoms with Gasteiger partial charge < -0.3 is 10.1 Å². The van der Waals surface area contributed by atoms with E-state index in [9.17, 15) is 4.79 Å². The van der Waals surface area contributed by atoms with Gasteiger partial charge in [0, 0.05) is 24.5 Å². The summed E-state index contributed by atoms with van der Waals surface area (Å²) >= 11 is 6.10. The minimum Gasteiger partial charge on any atom is -0.368 e. The normalized spacial score (nSPS) is 20.2. The van der Waals surface area contributed by atoms with Crippen LogP contribution in [0.3, 0.4) is 0 Å². The summed E-state index contributed by atoms with van der Waals surface area (Å²) < 4.78 is 5.42. The molecule has 1 aromatic carbocycles. The Bertz CT molecular complexity index is 414. The van der Waals surface area contributed by atoms with Crippen LogP contribution in [-0.4, -0.2) is 31.6 Å². The number of ketones is 1. The molecule has 0 bridgehead atoms. The molecule has 0 aromatic heterocycles. The molecule has 0 amide bonds. The van der Waals surface area contributed by atoms with Gasteiger partial charge in [0.1, 0.15) is 6.10 Å². The third kappa shape index (κ3) is 3.28. The molecule has 1 aliphatic heterocycles. The highest BCUT2D eigenvalue weighted by atomic mass is 35.5. The second-order valence-corrected chi connectivity index (χ2v) is 4.71. The summed E-state index contributed by atoms with van der Waals surface area (Å²) in [6.45, 7) is 3.99. The first kappa shape index (κ1) is 12.6. The topological polar surface area (TPSA) is 38.3 Å². The highest BCUT2D eigenvalue weighted by Gasteiger charge is 2.22. The van der Waals surface area contributed by atoms with Crippen LogP contribution >= 0.6 is 11.6 Å². The SMILES string of the molecule is Cc1ccc(CC(=O)C2CNCCO2)c(Cl)c1. The number of benzene rings is 1. The molecule has 1 N–H and O–H groups in total. The van der Waals surface area contributed by atoms with E-state index in [1.54, 1.807) is 0 Å². The lowest BCUT2D eigenvalue weighted by Gasteiger charge is -2.22. The van der Waals surface area contributed by atoms with E-state index in [4.69, 9.17) is 16.3 Å². The van der Waals surface area contributed by atoms with Gasteiger partial charge in [-0.3, -0.25) is 4.79 Å². The number of carbonyl (C=O) groups excluding carboxylic acids is 1. The second kappa shape index (κ2) is 5.63. The van der Waals surface area contributed by atoms with Crippen LogP contribution in [0.2, 0.25) is 5.02 Å². The average molecular weight is 254 g/mol. The molecule has 1 saturated heterocycles. The van der Waals surface area contributed by atoms with E-state index in [1.165, 1.54) is 0 Å². The lowest BCUT2D eigenvalue weighted by Crippen LogP contribution is -2.43. The van der Waals surface area contributed by atoms with E-state index in [2.05, 4.69) is 5.32 Å². The van der Waals surface area contributed by atoms with E-state index >= 15 is 0 Å². The fraction of sp³-hybridized carbons (Fsp3) is 0.462. The Labute approximate surface area is 106 Å². The number of ether oxygens (including phenoxy) is 1. The summed E-state index contributed by atoms with van der Waals surface area (Å²) in [6, 6.07) is 5.75. The molecule has 0 saturated carbocycles. The Morgan fingerprint density at radius 2 is 2.41 bits per heavy atom. The van der Waals surface area contributed by atoms with Crippen molar-refractivity contribution in [3.8, 4) is 0 Å². The van der Waals surface area contributed by atoms with Crippen molar-refractivity contribution in [1.29, 1.82) is 0 Å². The molecule has 1 heterocycles. The van der Waals surface area contributed by atoms with Crippen molar-refractivity contribution < 1.29 is 9.53 Å². The largest absolute Gasteiger partial charge is 0.368 e. The maximum absolute atomic E-state index is 12.0. The minimum absolute atomic E-state index is 0.0861. The molecule has 1 atom stereocenters. The van der Waals surface area contributed by atoms with Gasteiger partial charge in [0.15, 0.2) is 5.78 Å². The minimum atomic E-state index is -0.332. The molecule has 1 unspecified atom stereocenters. The van der Waals surface area contributed by atoms with Gasteiger partial charge in [-0.15, -0.1) is 0 Å². The third-order valence-electron chi connectivity index (χ3n) is 2.86. The Balaban J connectivity index is 2.02. The Morgan fingerprint density at radius 1 is 1.59 bits per heavy atom. The summed E-state index contributed by atoms with van der Waals surface area (Å²) in [5.74, 6) is 0.0861. The quantitative estimate of drug-likeness (QED) is 0.892. The molecule has 0 radical (unpaired) electrons. The van der Waals surface area contributed by atoms with Crippen LogP contribution in [0.25, 0.3) is 0 Å². The van der Waals surface area contributed by atoms with Gasteiger partial charge in [0.05, 0.1) is 6.61 Å². The predicted molar refractivity (Wildman–Crippen MR) is 67.5 cm³/mol. The number of Topliss-reactive ketones (excluding diaryl/α,β-unsaturated/α-hetero) is 1. The molecule has 2 rings (SSSR count). The molecule has 1 fully saturated rings. The molecular formula is C13H16ClNO2. The van der Waals surface area contributed by atoms with Crippen molar-refractivity contribution in [2.24, 2.45) is 0 Å². The summed E-state index contributed by atoms with van der Waals surface area (Å²) in [5.41, 5.74) is 1.97. The van der Waals surface area contributed by atoms with Crippen LogP contribution < -0.4 is 5.32 Å². The zero-order chi connectivity index (χ0) is 12.3. The van der Waals surface area contributed by atoms with Crippen LogP contribution in [0, 0.1) is 6.92 Å². The second-order valence-electron chi connectivity index (χ2n) is 4.30. The van der Waals surface area contributed by atoms with Gasteiger partial charge in [-0.05, 0) is 24.1 Å². The van der Waals surface area contributed by atoms with E-state index < -0.39 is 0 Å². The summed E-state index contributed by atoms with van der Waals surface area (Å²) in [6.07, 6.45) is 0.00645. The molecule has 3 nitrogen and oxygen atoms in total. The molecule has 1 aromatic rings. The van der Waals surface area contributed by atoms with E-state index in [0.29, 0.717) is 24.6 Å². The van der Waals surface area contributed by atoms with Gasteiger partial charge >= 0.3 is 0 Å². The zero-order valence-electron chi connectivity index (χ0n) is 9.83. The fourth-order valence-corrected chi connectivity index (χ4v) is 2.17. The van der Waals surface area contributed by atoms with Gasteiger partial charge in [0.25, 0.3) is 0 Å². The van der Waals surface area contributed by atoms with Gasteiger partial charge in [-0.1, -0.05) is 23.7 Å². The van der Waals surface area contributed by atoms with Gasteiger partial charge in [-0.2, -0.15) is 0 Å². The van der Waals surface area contributed by atoms with E-state index in [1.807, 2.05) is 25.1 Å². The molecular weight excluding hydrogens is 238 g/mol. The first-order valence-electron chi connectivity index (χ1n) is 5.77. The average Bonchev–Trinajstić information content (AvgIpc) is 2.34. The van der Waals surface area contributed by atoms with Crippen molar-refractivity contribution >= 4 is 17.4 Å². The van der Waals surface area contributed by atoms with Crippen LogP contribution in [0.4, 0.5) is 0 Å². The van der Waals surface area contributed by atoms with Crippen molar-refractivity contribution in [1.82, 2.24) is 5.32 Å². The summed E-state index contributed by atoms with van der Waals surface area (Å²) in [7, 11) is 0. The van der Waals surface area contributed by atoms with E-state index in [-0.39, 0.29) is 11.9 Å². The number of aryl methyl sites for hydroxylation is 1. The lowest BCUT2D eigenvalue weighted by atomic mass is 10.0. The van der Waals surface area contributed by atoms with E-state index in [0.717, 1.165) is 17.7 Å². The zero-order valence-corrected chi connectivity index (χ0v) is 10.6. The number of hydrogen-bond donors (Lipinski definition) is 1. The Kier molecular flexibility index (Phi) is 4.15. The summed E-state index contributed by atoms with van der Waals surface area (Å²) in [4.78, 5) is 12.0. The lowest BCUT2D eigenvalue weighted by molar-refractivity contribution is -0.131. The fourth-order valence-electron chi connectivity index (χ4n) is 1.87. The highest BCUT2D eigenvalue weighted by molar-refractivity contribution is 6.31. The van der Waals surface area contributed by atoms with Crippen molar-refractivity contribution in [3.63, 3.8) is 0 Å². The van der Waals surface area contributed by atoms with Gasteiger partial charge in [-0.25, -0.2) is 0 Å². The van der Waals surface area contributed by atoms with Crippen LogP contribution in [0.5, 0.6) is 0 Å². The Hall–Kier alpha value is -0.900. The van der Waals surface area contributed by atoms with Crippen LogP contribution in [0.1, 0.15) is 11.1 Å². The molecule has 4 heteroatoms. The van der Waals surface area contributed by atoms with Gasteiger partial charge in [0.2, 0.25) is 0 Å². The standard InChI is InChI=1S/C13H16ClNO2/c1-9-2-3-10(11(14)6-9)7-12(16)13-8-15-4-5-17-13/h2-3,6,13,15H,4-5,7-8H2,1H3. The maximum atomic E-state index is 12.0. The summed E-state index contributed by atoms with van der Waals surface area (Å²) in [5, 5.41) is 3.80. The van der Waals surface area contributed by atoms with Crippen molar-refractivity contribution in [2.75, 3.05) is 19.7 Å². The smallest absolute Gasteiger partial charge is 0.167 e. The molecule has 92 valence electrons. The van der Waals surface area contributed by atoms with Crippen LogP contribution in [-0.2, 0) is 16.0 Å². The van der Waals surface area contributed by atoms with Crippen molar-refractivity contribution in [3.05, 3.63) is 34.3 Å². The highest BCUT2D eigenvalue weighted by Crippen LogP contribution is 2.19. The third-order valence-corrected chi connectivity index (χ3v) is 3.21. The molecule has 1 aliphatic rings. The number of nitrogens with one attached hydrogen (secondary N) is 1. The number of hydrogen-bond acceptors (Lipinski definition) is 3. The monoisotopic (exact) mass is 253 g/mol. The molecule has 0 aliphatic carbocycles.